The molecule has 4 saturated carbocycles. The van der Waals surface area contributed by atoms with E-state index < -0.39 is 22.0 Å². The molecule has 1 atom stereocenters. The molecule has 6 rings (SSSR count). The molecule has 0 heterocycles. The molecule has 0 aliphatic heterocycles. The van der Waals surface area contributed by atoms with Crippen LogP contribution in [0.2, 0.25) is 0 Å². The summed E-state index contributed by atoms with van der Waals surface area (Å²) in [4.78, 5) is 28.8. The van der Waals surface area contributed by atoms with Crippen LogP contribution in [0.5, 0.6) is 5.75 Å². The van der Waals surface area contributed by atoms with Crippen LogP contribution in [0.15, 0.2) is 48.5 Å². The molecule has 4 aliphatic carbocycles. The minimum Gasteiger partial charge on any atom is -0.497 e. The van der Waals surface area contributed by atoms with Crippen molar-refractivity contribution in [2.75, 3.05) is 30.8 Å². The van der Waals surface area contributed by atoms with Crippen molar-refractivity contribution in [3.05, 3.63) is 59.7 Å². The summed E-state index contributed by atoms with van der Waals surface area (Å²) in [6, 6.07) is 14.5. The Hall–Kier alpha value is -3.07. The summed E-state index contributed by atoms with van der Waals surface area (Å²) in [7, 11) is -2.20. The summed E-state index contributed by atoms with van der Waals surface area (Å²) >= 11 is 0. The highest BCUT2D eigenvalue weighted by molar-refractivity contribution is 7.92. The molecule has 0 saturated heterocycles. The highest BCUT2D eigenvalue weighted by Crippen LogP contribution is 2.60. The van der Waals surface area contributed by atoms with Crippen LogP contribution in [0.4, 0.5) is 5.69 Å². The average Bonchev–Trinajstić information content (AvgIpc) is 2.99. The third-order valence-corrected chi connectivity index (χ3v) is 11.4. The van der Waals surface area contributed by atoms with E-state index in [1.54, 1.807) is 7.11 Å². The second kappa shape index (κ2) is 13.5. The largest absolute Gasteiger partial charge is 0.497 e. The Kier molecular flexibility index (Phi) is 9.93. The van der Waals surface area contributed by atoms with Gasteiger partial charge in [-0.2, -0.15) is 0 Å². The van der Waals surface area contributed by atoms with Crippen molar-refractivity contribution in [1.82, 2.24) is 10.2 Å². The second-order valence-electron chi connectivity index (χ2n) is 13.5. The lowest BCUT2D eigenvalue weighted by Crippen LogP contribution is -2.52. The first-order chi connectivity index (χ1) is 21.0. The molecule has 4 aliphatic rings. The average molecular weight is 624 g/mol. The number of carbonyl (C=O) groups is 2. The van der Waals surface area contributed by atoms with Crippen molar-refractivity contribution in [2.24, 2.45) is 17.8 Å². The smallest absolute Gasteiger partial charge is 0.244 e. The minimum atomic E-state index is -3.79. The molecule has 0 aromatic heterocycles. The Morgan fingerprint density at radius 2 is 1.55 bits per heavy atom. The van der Waals surface area contributed by atoms with E-state index in [1.807, 2.05) is 43.3 Å². The number of carbonyl (C=O) groups excluding carboxylic acids is 2. The number of hydrogen-bond acceptors (Lipinski definition) is 5. The van der Waals surface area contributed by atoms with Crippen molar-refractivity contribution in [2.45, 2.75) is 89.6 Å². The highest BCUT2D eigenvalue weighted by Gasteiger charge is 2.51. The predicted octanol–water partition coefficient (Wildman–Crippen LogP) is 5.65. The Balaban J connectivity index is 1.39. The van der Waals surface area contributed by atoms with Crippen LogP contribution in [0, 0.1) is 17.8 Å². The summed E-state index contributed by atoms with van der Waals surface area (Å²) in [5, 5.41) is 2.96. The van der Waals surface area contributed by atoms with Gasteiger partial charge in [-0.25, -0.2) is 8.42 Å². The van der Waals surface area contributed by atoms with Gasteiger partial charge in [-0.3, -0.25) is 13.9 Å². The molecule has 2 aromatic carbocycles. The van der Waals surface area contributed by atoms with Crippen LogP contribution < -0.4 is 14.4 Å². The van der Waals surface area contributed by atoms with Gasteiger partial charge in [0.15, 0.2) is 0 Å². The first-order valence-electron chi connectivity index (χ1n) is 16.3. The number of rotatable bonds is 14. The number of nitrogens with zero attached hydrogens (tertiary/aromatic N) is 2. The lowest BCUT2D eigenvalue weighted by Gasteiger charge is -2.57. The Morgan fingerprint density at radius 1 is 0.955 bits per heavy atom. The molecule has 8 nitrogen and oxygen atoms in total. The Bertz CT molecular complexity index is 1370. The van der Waals surface area contributed by atoms with Gasteiger partial charge in [0.1, 0.15) is 18.3 Å². The van der Waals surface area contributed by atoms with Crippen molar-refractivity contribution in [3.63, 3.8) is 0 Å². The van der Waals surface area contributed by atoms with Gasteiger partial charge in [0, 0.05) is 13.1 Å². The quantitative estimate of drug-likeness (QED) is 0.274. The van der Waals surface area contributed by atoms with Crippen LogP contribution in [-0.2, 0) is 31.6 Å². The van der Waals surface area contributed by atoms with Gasteiger partial charge in [-0.1, -0.05) is 44.5 Å². The van der Waals surface area contributed by atoms with Crippen LogP contribution in [-0.4, -0.2) is 57.6 Å². The molecule has 4 bridgehead atoms. The van der Waals surface area contributed by atoms with E-state index in [4.69, 9.17) is 4.74 Å². The maximum Gasteiger partial charge on any atom is 0.244 e. The molecular formula is C35H49N3O5S. The molecule has 2 amide bonds. The minimum absolute atomic E-state index is 0.172. The zero-order valence-electron chi connectivity index (χ0n) is 26.8. The number of nitrogens with one attached hydrogen (secondary N) is 1. The first-order valence-corrected chi connectivity index (χ1v) is 18.2. The second-order valence-corrected chi connectivity index (χ2v) is 15.4. The number of benzene rings is 2. The number of unbranched alkanes of at least 4 members (excludes halogenated alkanes) is 1. The highest BCUT2D eigenvalue weighted by atomic mass is 32.2. The van der Waals surface area contributed by atoms with Crippen LogP contribution in [0.3, 0.4) is 0 Å². The summed E-state index contributed by atoms with van der Waals surface area (Å²) in [5.41, 5.74) is 2.80. The molecule has 44 heavy (non-hydrogen) atoms. The summed E-state index contributed by atoms with van der Waals surface area (Å²) in [6.07, 6.45) is 11.1. The molecule has 4 fully saturated rings. The van der Waals surface area contributed by atoms with Gasteiger partial charge in [0.2, 0.25) is 21.8 Å². The molecule has 1 N–H and O–H groups in total. The summed E-state index contributed by atoms with van der Waals surface area (Å²) in [6.45, 7) is 4.24. The monoisotopic (exact) mass is 623 g/mol. The third-order valence-electron chi connectivity index (χ3n) is 10.2. The Morgan fingerprint density at radius 3 is 2.05 bits per heavy atom. The number of ether oxygens (including phenoxy) is 1. The van der Waals surface area contributed by atoms with Crippen LogP contribution in [0.25, 0.3) is 0 Å². The molecule has 1 unspecified atom stereocenters. The Labute approximate surface area is 263 Å². The van der Waals surface area contributed by atoms with E-state index in [0.717, 1.165) is 42.4 Å². The number of hydrogen-bond donors (Lipinski definition) is 1. The molecule has 9 heteroatoms. The lowest BCUT2D eigenvalue weighted by molar-refractivity contribution is -0.140. The fraction of sp³-hybridized carbons (Fsp3) is 0.600. The van der Waals surface area contributed by atoms with E-state index in [-0.39, 0.29) is 24.4 Å². The van der Waals surface area contributed by atoms with Gasteiger partial charge in [-0.05, 0) is 110 Å². The maximum atomic E-state index is 14.0. The van der Waals surface area contributed by atoms with Crippen molar-refractivity contribution >= 4 is 27.5 Å². The fourth-order valence-electron chi connectivity index (χ4n) is 8.41. The number of methoxy groups -OCH3 is 1. The van der Waals surface area contributed by atoms with Crippen LogP contribution in [0.1, 0.15) is 82.8 Å². The topological polar surface area (TPSA) is 96.0 Å². The van der Waals surface area contributed by atoms with E-state index in [0.29, 0.717) is 24.4 Å². The van der Waals surface area contributed by atoms with Gasteiger partial charge < -0.3 is 15.0 Å². The van der Waals surface area contributed by atoms with Crippen LogP contribution >= 0.6 is 0 Å². The van der Waals surface area contributed by atoms with Gasteiger partial charge in [0.05, 0.1) is 19.1 Å². The van der Waals surface area contributed by atoms with Gasteiger partial charge in [0.25, 0.3) is 0 Å². The third kappa shape index (κ3) is 7.08. The lowest BCUT2D eigenvalue weighted by atomic mass is 9.48. The summed E-state index contributed by atoms with van der Waals surface area (Å²) in [5.74, 6) is 2.48. The molecule has 2 aromatic rings. The van der Waals surface area contributed by atoms with Crippen molar-refractivity contribution in [3.8, 4) is 5.75 Å². The zero-order valence-corrected chi connectivity index (χ0v) is 27.6. The normalized spacial score (nSPS) is 24.5. The van der Waals surface area contributed by atoms with E-state index in [9.17, 15) is 18.0 Å². The molecule has 0 spiro atoms. The maximum absolute atomic E-state index is 14.0. The molecule has 240 valence electrons. The molecule has 0 radical (unpaired) electrons. The van der Waals surface area contributed by atoms with E-state index >= 15 is 0 Å². The van der Waals surface area contributed by atoms with E-state index in [2.05, 4.69) is 24.4 Å². The number of amides is 2. The van der Waals surface area contributed by atoms with Gasteiger partial charge in [-0.15, -0.1) is 0 Å². The van der Waals surface area contributed by atoms with E-state index in [1.165, 1.54) is 53.3 Å². The standard InChI is InChI=1S/C35H49N3O5S/c1-5-7-16-36-34(40)32(6-2)37(23-25-8-14-31(43-3)15-9-25)33(39)24-38(44(4,41)42)30-12-10-29(11-13-30)35-20-26-17-27(21-35)19-28(18-26)22-35/h8-15,26-28,32H,5-7,16-24H2,1-4H3,(H,36,40). The molecular weight excluding hydrogens is 574 g/mol. The van der Waals surface area contributed by atoms with Crippen molar-refractivity contribution < 1.29 is 22.7 Å². The SMILES string of the molecule is CCCCNC(=O)C(CC)N(Cc1ccc(OC)cc1)C(=O)CN(c1ccc(C23CC4CC(CC(C4)C2)C3)cc1)S(C)(=O)=O. The fourth-order valence-corrected chi connectivity index (χ4v) is 9.26. The predicted molar refractivity (Wildman–Crippen MR) is 174 cm³/mol. The van der Waals surface area contributed by atoms with Crippen molar-refractivity contribution in [1.29, 1.82) is 0 Å². The van der Waals surface area contributed by atoms with Gasteiger partial charge >= 0.3 is 0 Å². The number of anilines is 1. The zero-order chi connectivity index (χ0) is 31.5. The number of sulfonamides is 1. The summed E-state index contributed by atoms with van der Waals surface area (Å²) < 4.78 is 32.7. The first kappa shape index (κ1) is 32.3.